The number of aromatic nitrogens is 4. The van der Waals surface area contributed by atoms with Gasteiger partial charge >= 0.3 is 0 Å². The van der Waals surface area contributed by atoms with Gasteiger partial charge in [-0.2, -0.15) is 5.26 Å². The molecule has 0 saturated heterocycles. The van der Waals surface area contributed by atoms with Crippen LogP contribution >= 0.6 is 23.1 Å². The lowest BCUT2D eigenvalue weighted by molar-refractivity contribution is 0.965. The highest BCUT2D eigenvalue weighted by atomic mass is 32.2. The molecule has 102 valence electrons. The minimum atomic E-state index is 0.517. The normalized spacial score (nSPS) is 10.8. The first-order valence-corrected chi connectivity index (χ1v) is 7.72. The Balaban J connectivity index is 1.75. The van der Waals surface area contributed by atoms with Crippen molar-refractivity contribution in [1.82, 2.24) is 20.2 Å². The van der Waals surface area contributed by atoms with Crippen LogP contribution in [0.2, 0.25) is 0 Å². The van der Waals surface area contributed by atoms with Gasteiger partial charge in [0.2, 0.25) is 5.16 Å². The molecule has 0 radical (unpaired) electrons. The van der Waals surface area contributed by atoms with E-state index in [2.05, 4.69) is 26.2 Å². The standard InChI is InChI=1S/C14H9N5S2/c15-9-10-3-1-7-16-13(10)21-14-17-12(18-19-14)6-5-11-4-2-8-20-11/h1-8H,(H,17,18,19). The van der Waals surface area contributed by atoms with E-state index in [-0.39, 0.29) is 0 Å². The zero-order chi connectivity index (χ0) is 14.5. The highest BCUT2D eigenvalue weighted by Crippen LogP contribution is 2.25. The van der Waals surface area contributed by atoms with Crippen LogP contribution in [0.25, 0.3) is 12.2 Å². The molecule has 7 heteroatoms. The van der Waals surface area contributed by atoms with E-state index in [0.29, 0.717) is 21.6 Å². The summed E-state index contributed by atoms with van der Waals surface area (Å²) in [6.07, 6.45) is 5.49. The Morgan fingerprint density at radius 1 is 1.29 bits per heavy atom. The van der Waals surface area contributed by atoms with Crippen molar-refractivity contribution in [2.24, 2.45) is 0 Å². The second-order valence-corrected chi connectivity index (χ2v) is 5.86. The lowest BCUT2D eigenvalue weighted by atomic mass is 10.3. The molecule has 0 aromatic carbocycles. The zero-order valence-corrected chi connectivity index (χ0v) is 12.4. The number of thiophene rings is 1. The van der Waals surface area contributed by atoms with Crippen molar-refractivity contribution < 1.29 is 0 Å². The summed E-state index contributed by atoms with van der Waals surface area (Å²) in [6.45, 7) is 0. The minimum absolute atomic E-state index is 0.517. The first-order chi connectivity index (χ1) is 10.3. The summed E-state index contributed by atoms with van der Waals surface area (Å²) < 4.78 is 0. The van der Waals surface area contributed by atoms with E-state index in [4.69, 9.17) is 5.26 Å². The molecule has 0 unspecified atom stereocenters. The molecule has 0 saturated carbocycles. The highest BCUT2D eigenvalue weighted by Gasteiger charge is 2.08. The summed E-state index contributed by atoms with van der Waals surface area (Å²) in [5.74, 6) is 0.667. The molecule has 0 aliphatic rings. The lowest BCUT2D eigenvalue weighted by Crippen LogP contribution is -1.86. The predicted octanol–water partition coefficient (Wildman–Crippen LogP) is 3.45. The number of hydrogen-bond acceptors (Lipinski definition) is 6. The van der Waals surface area contributed by atoms with Gasteiger partial charge in [-0.3, -0.25) is 5.10 Å². The topological polar surface area (TPSA) is 78.2 Å². The summed E-state index contributed by atoms with van der Waals surface area (Å²) in [6, 6.07) is 9.58. The van der Waals surface area contributed by atoms with Crippen molar-refractivity contribution in [2.45, 2.75) is 10.2 Å². The molecule has 0 atom stereocenters. The van der Waals surface area contributed by atoms with Crippen molar-refractivity contribution in [2.75, 3.05) is 0 Å². The predicted molar refractivity (Wildman–Crippen MR) is 82.7 cm³/mol. The summed E-state index contributed by atoms with van der Waals surface area (Å²) in [4.78, 5) is 9.67. The summed E-state index contributed by atoms with van der Waals surface area (Å²) in [5, 5.41) is 19.2. The summed E-state index contributed by atoms with van der Waals surface area (Å²) in [7, 11) is 0. The van der Waals surface area contributed by atoms with E-state index >= 15 is 0 Å². The third kappa shape index (κ3) is 3.37. The molecule has 0 spiro atoms. The fourth-order valence-electron chi connectivity index (χ4n) is 1.57. The molecule has 0 amide bonds. The van der Waals surface area contributed by atoms with Crippen molar-refractivity contribution in [3.8, 4) is 6.07 Å². The summed E-state index contributed by atoms with van der Waals surface area (Å²) >= 11 is 2.92. The van der Waals surface area contributed by atoms with Gasteiger partial charge in [-0.05, 0) is 47.5 Å². The van der Waals surface area contributed by atoms with E-state index in [1.807, 2.05) is 29.7 Å². The molecule has 3 aromatic rings. The van der Waals surface area contributed by atoms with Crippen LogP contribution in [-0.2, 0) is 0 Å². The van der Waals surface area contributed by atoms with Crippen LogP contribution in [0.4, 0.5) is 0 Å². The maximum Gasteiger partial charge on any atom is 0.215 e. The van der Waals surface area contributed by atoms with E-state index in [9.17, 15) is 0 Å². The average Bonchev–Trinajstić information content (AvgIpc) is 3.17. The monoisotopic (exact) mass is 311 g/mol. The first kappa shape index (κ1) is 13.5. The zero-order valence-electron chi connectivity index (χ0n) is 10.7. The molecular weight excluding hydrogens is 302 g/mol. The third-order valence-corrected chi connectivity index (χ3v) is 4.23. The Morgan fingerprint density at radius 3 is 3.05 bits per heavy atom. The molecule has 3 aromatic heterocycles. The van der Waals surface area contributed by atoms with Crippen LogP contribution in [-0.4, -0.2) is 20.2 Å². The maximum atomic E-state index is 9.03. The fourth-order valence-corrected chi connectivity index (χ4v) is 2.93. The van der Waals surface area contributed by atoms with Gasteiger partial charge in [-0.25, -0.2) is 9.97 Å². The lowest BCUT2D eigenvalue weighted by Gasteiger charge is -1.96. The third-order valence-electron chi connectivity index (χ3n) is 2.51. The van der Waals surface area contributed by atoms with E-state index < -0.39 is 0 Å². The van der Waals surface area contributed by atoms with Crippen LogP contribution in [0.15, 0.2) is 46.0 Å². The molecule has 21 heavy (non-hydrogen) atoms. The number of H-pyrrole nitrogens is 1. The minimum Gasteiger partial charge on any atom is -0.259 e. The van der Waals surface area contributed by atoms with Gasteiger partial charge in [0.15, 0.2) is 0 Å². The number of hydrogen-bond donors (Lipinski definition) is 1. The number of pyridine rings is 1. The molecule has 0 bridgehead atoms. The Kier molecular flexibility index (Phi) is 4.09. The summed E-state index contributed by atoms with van der Waals surface area (Å²) in [5.41, 5.74) is 0.517. The van der Waals surface area contributed by atoms with Gasteiger partial charge in [-0.15, -0.1) is 16.4 Å². The van der Waals surface area contributed by atoms with Crippen molar-refractivity contribution >= 4 is 35.3 Å². The highest BCUT2D eigenvalue weighted by molar-refractivity contribution is 7.99. The molecule has 0 aliphatic carbocycles. The Morgan fingerprint density at radius 2 is 2.24 bits per heavy atom. The molecule has 1 N–H and O–H groups in total. The Bertz CT molecular complexity index is 799. The number of aromatic amines is 1. The van der Waals surface area contributed by atoms with Crippen LogP contribution in [0.1, 0.15) is 16.3 Å². The number of rotatable bonds is 4. The molecule has 0 fully saturated rings. The molecule has 5 nitrogen and oxygen atoms in total. The van der Waals surface area contributed by atoms with Gasteiger partial charge in [0.05, 0.1) is 5.56 Å². The smallest absolute Gasteiger partial charge is 0.215 e. The molecule has 3 rings (SSSR count). The largest absolute Gasteiger partial charge is 0.259 e. The van der Waals surface area contributed by atoms with Crippen LogP contribution < -0.4 is 0 Å². The van der Waals surface area contributed by atoms with Gasteiger partial charge in [0, 0.05) is 11.1 Å². The fraction of sp³-hybridized carbons (Fsp3) is 0. The van der Waals surface area contributed by atoms with Gasteiger partial charge in [-0.1, -0.05) is 6.07 Å². The second-order valence-electron chi connectivity index (χ2n) is 3.92. The Hall–Kier alpha value is -2.43. The average molecular weight is 311 g/mol. The van der Waals surface area contributed by atoms with Crippen LogP contribution in [0.5, 0.6) is 0 Å². The Labute approximate surface area is 129 Å². The first-order valence-electron chi connectivity index (χ1n) is 6.02. The van der Waals surface area contributed by atoms with Gasteiger partial charge in [0.1, 0.15) is 16.9 Å². The van der Waals surface area contributed by atoms with E-state index in [0.717, 1.165) is 4.88 Å². The van der Waals surface area contributed by atoms with Crippen LogP contribution in [0, 0.1) is 11.3 Å². The maximum absolute atomic E-state index is 9.03. The quantitative estimate of drug-likeness (QED) is 0.798. The van der Waals surface area contributed by atoms with Crippen LogP contribution in [0.3, 0.4) is 0 Å². The van der Waals surface area contributed by atoms with Crippen molar-refractivity contribution in [3.63, 3.8) is 0 Å². The van der Waals surface area contributed by atoms with Gasteiger partial charge in [0.25, 0.3) is 0 Å². The molecule has 3 heterocycles. The van der Waals surface area contributed by atoms with Gasteiger partial charge < -0.3 is 0 Å². The van der Waals surface area contributed by atoms with Crippen molar-refractivity contribution in [1.29, 1.82) is 5.26 Å². The number of nitriles is 1. The SMILES string of the molecule is N#Cc1cccnc1Sc1n[nH]c(C=Cc2cccs2)n1. The number of nitrogens with zero attached hydrogens (tertiary/aromatic N) is 4. The van der Waals surface area contributed by atoms with Crippen molar-refractivity contribution in [3.05, 3.63) is 52.1 Å². The second kappa shape index (κ2) is 6.35. The number of nitrogens with one attached hydrogen (secondary N) is 1. The van der Waals surface area contributed by atoms with E-state index in [1.54, 1.807) is 29.7 Å². The molecular formula is C14H9N5S2. The molecule has 0 aliphatic heterocycles. The van der Waals surface area contributed by atoms with E-state index in [1.165, 1.54) is 11.8 Å².